The molecule has 0 amide bonds. The monoisotopic (exact) mass is 320 g/mol. The van der Waals surface area contributed by atoms with Gasteiger partial charge in [0.05, 0.1) is 31.6 Å². The van der Waals surface area contributed by atoms with Gasteiger partial charge in [-0.1, -0.05) is 0 Å². The number of hydrogen-bond donors (Lipinski definition) is 2. The van der Waals surface area contributed by atoms with E-state index in [1.54, 1.807) is 0 Å². The standard InChI is InChI=1S/C12H12N6O5/c1-22-9-4-10(23-2)8(18(20)21)3-7(9)5-13-16-11-6-14-17-12(19)15-11/h3-6H,1-2H3,(H2,15,16,17,19)/b13-5+. The van der Waals surface area contributed by atoms with Crippen LogP contribution in [0.1, 0.15) is 5.56 Å². The minimum Gasteiger partial charge on any atom is -0.496 e. The summed E-state index contributed by atoms with van der Waals surface area (Å²) in [5.41, 5.74) is 1.95. The van der Waals surface area contributed by atoms with E-state index in [2.05, 4.69) is 25.7 Å². The number of nitrogens with one attached hydrogen (secondary N) is 2. The van der Waals surface area contributed by atoms with Gasteiger partial charge in [0.25, 0.3) is 0 Å². The fourth-order valence-electron chi connectivity index (χ4n) is 1.68. The molecule has 0 aliphatic heterocycles. The quantitative estimate of drug-likeness (QED) is 0.445. The molecular formula is C12H12N6O5. The van der Waals surface area contributed by atoms with Crippen molar-refractivity contribution in [2.24, 2.45) is 5.10 Å². The largest absolute Gasteiger partial charge is 0.496 e. The summed E-state index contributed by atoms with van der Waals surface area (Å²) in [4.78, 5) is 25.0. The third-order valence-electron chi connectivity index (χ3n) is 2.68. The number of ether oxygens (including phenoxy) is 2. The summed E-state index contributed by atoms with van der Waals surface area (Å²) in [6.07, 6.45) is 2.54. The van der Waals surface area contributed by atoms with Crippen LogP contribution in [0.4, 0.5) is 11.5 Å². The van der Waals surface area contributed by atoms with Crippen LogP contribution in [0.25, 0.3) is 0 Å². The average Bonchev–Trinajstić information content (AvgIpc) is 2.54. The van der Waals surface area contributed by atoms with Crippen LogP contribution in [0.3, 0.4) is 0 Å². The third kappa shape index (κ3) is 3.78. The molecule has 2 aromatic rings. The number of H-pyrrole nitrogens is 1. The molecule has 120 valence electrons. The molecule has 0 spiro atoms. The molecular weight excluding hydrogens is 308 g/mol. The van der Waals surface area contributed by atoms with E-state index in [0.29, 0.717) is 11.3 Å². The Kier molecular flexibility index (Phi) is 4.82. The van der Waals surface area contributed by atoms with Gasteiger partial charge in [-0.2, -0.15) is 15.2 Å². The van der Waals surface area contributed by atoms with E-state index in [-0.39, 0.29) is 17.3 Å². The van der Waals surface area contributed by atoms with Crippen molar-refractivity contribution in [3.05, 3.63) is 44.5 Å². The first-order valence-corrected chi connectivity index (χ1v) is 6.16. The lowest BCUT2D eigenvalue weighted by molar-refractivity contribution is -0.385. The zero-order valence-corrected chi connectivity index (χ0v) is 12.1. The zero-order valence-electron chi connectivity index (χ0n) is 12.1. The first-order valence-electron chi connectivity index (χ1n) is 6.16. The van der Waals surface area contributed by atoms with Crippen LogP contribution in [-0.4, -0.2) is 40.5 Å². The minimum atomic E-state index is -0.636. The summed E-state index contributed by atoms with van der Waals surface area (Å²) in [6, 6.07) is 2.64. The van der Waals surface area contributed by atoms with Gasteiger partial charge in [0, 0.05) is 17.7 Å². The maximum Gasteiger partial charge on any atom is 0.363 e. The predicted octanol–water partition coefficient (Wildman–Crippen LogP) is 0.536. The molecule has 1 aromatic heterocycles. The van der Waals surface area contributed by atoms with Crippen molar-refractivity contribution in [3.8, 4) is 11.5 Å². The number of benzene rings is 1. The summed E-state index contributed by atoms with van der Waals surface area (Å²) in [5, 5.41) is 20.5. The Labute approximate surface area is 129 Å². The van der Waals surface area contributed by atoms with Gasteiger partial charge in [-0.25, -0.2) is 9.89 Å². The van der Waals surface area contributed by atoms with Crippen molar-refractivity contribution in [2.45, 2.75) is 0 Å². The number of nitro groups is 1. The van der Waals surface area contributed by atoms with Crippen LogP contribution in [0.2, 0.25) is 0 Å². The van der Waals surface area contributed by atoms with Crippen LogP contribution in [0, 0.1) is 10.1 Å². The number of rotatable bonds is 6. The normalized spacial score (nSPS) is 10.5. The SMILES string of the molecule is COc1cc(OC)c([N+](=O)[O-])cc1/C=N/Nc1cn[nH]c(=O)n1. The second-order valence-electron chi connectivity index (χ2n) is 4.07. The van der Waals surface area contributed by atoms with Gasteiger partial charge < -0.3 is 9.47 Å². The molecule has 0 fully saturated rings. The average molecular weight is 320 g/mol. The highest BCUT2D eigenvalue weighted by Crippen LogP contribution is 2.33. The Hall–Kier alpha value is -3.50. The minimum absolute atomic E-state index is 0.0671. The second-order valence-corrected chi connectivity index (χ2v) is 4.07. The molecule has 0 radical (unpaired) electrons. The van der Waals surface area contributed by atoms with E-state index in [0.717, 1.165) is 0 Å². The van der Waals surface area contributed by atoms with E-state index in [1.807, 2.05) is 0 Å². The van der Waals surface area contributed by atoms with Gasteiger partial charge in [0.1, 0.15) is 5.75 Å². The van der Waals surface area contributed by atoms with Crippen molar-refractivity contribution in [1.29, 1.82) is 0 Å². The summed E-state index contributed by atoms with van der Waals surface area (Å²) < 4.78 is 10.1. The van der Waals surface area contributed by atoms with Crippen LogP contribution in [-0.2, 0) is 0 Å². The van der Waals surface area contributed by atoms with E-state index in [9.17, 15) is 14.9 Å². The summed E-state index contributed by atoms with van der Waals surface area (Å²) in [6.45, 7) is 0. The van der Waals surface area contributed by atoms with Crippen molar-refractivity contribution < 1.29 is 14.4 Å². The number of nitro benzene ring substituents is 1. The molecule has 2 N–H and O–H groups in total. The maximum absolute atomic E-state index is 11.0. The number of hydrogen-bond acceptors (Lipinski definition) is 9. The van der Waals surface area contributed by atoms with Crippen molar-refractivity contribution >= 4 is 17.7 Å². The summed E-state index contributed by atoms with van der Waals surface area (Å²) >= 11 is 0. The highest BCUT2D eigenvalue weighted by Gasteiger charge is 2.18. The lowest BCUT2D eigenvalue weighted by atomic mass is 10.1. The van der Waals surface area contributed by atoms with Crippen molar-refractivity contribution in [3.63, 3.8) is 0 Å². The second kappa shape index (κ2) is 6.98. The first-order chi connectivity index (χ1) is 11.0. The third-order valence-corrected chi connectivity index (χ3v) is 2.68. The Balaban J connectivity index is 2.30. The van der Waals surface area contributed by atoms with Gasteiger partial charge in [-0.15, -0.1) is 0 Å². The van der Waals surface area contributed by atoms with E-state index < -0.39 is 10.6 Å². The molecule has 0 unspecified atom stereocenters. The Morgan fingerprint density at radius 3 is 2.70 bits per heavy atom. The van der Waals surface area contributed by atoms with Gasteiger partial charge >= 0.3 is 11.4 Å². The molecule has 11 nitrogen and oxygen atoms in total. The van der Waals surface area contributed by atoms with Crippen molar-refractivity contribution in [2.75, 3.05) is 19.6 Å². The highest BCUT2D eigenvalue weighted by atomic mass is 16.6. The van der Waals surface area contributed by atoms with Crippen LogP contribution >= 0.6 is 0 Å². The predicted molar refractivity (Wildman–Crippen MR) is 80.1 cm³/mol. The number of nitrogens with zero attached hydrogens (tertiary/aromatic N) is 4. The molecule has 0 aliphatic carbocycles. The molecule has 0 aliphatic rings. The van der Waals surface area contributed by atoms with E-state index in [4.69, 9.17) is 9.47 Å². The molecule has 23 heavy (non-hydrogen) atoms. The molecule has 1 heterocycles. The number of aromatic nitrogens is 3. The molecule has 0 saturated carbocycles. The summed E-state index contributed by atoms with van der Waals surface area (Å²) in [7, 11) is 2.73. The van der Waals surface area contributed by atoms with Gasteiger partial charge in [0.15, 0.2) is 5.82 Å². The Morgan fingerprint density at radius 1 is 1.35 bits per heavy atom. The number of anilines is 1. The fourth-order valence-corrected chi connectivity index (χ4v) is 1.68. The fraction of sp³-hybridized carbons (Fsp3) is 0.167. The van der Waals surface area contributed by atoms with Gasteiger partial charge in [-0.05, 0) is 0 Å². The lowest BCUT2D eigenvalue weighted by Gasteiger charge is -2.08. The highest BCUT2D eigenvalue weighted by molar-refractivity contribution is 5.86. The van der Waals surface area contributed by atoms with E-state index in [1.165, 1.54) is 38.8 Å². The van der Waals surface area contributed by atoms with Crippen LogP contribution < -0.4 is 20.6 Å². The Bertz CT molecular complexity index is 803. The molecule has 1 aromatic carbocycles. The summed E-state index contributed by atoms with van der Waals surface area (Å²) in [5.74, 6) is 0.513. The zero-order chi connectivity index (χ0) is 16.8. The van der Waals surface area contributed by atoms with Gasteiger partial charge in [0.2, 0.25) is 5.75 Å². The van der Waals surface area contributed by atoms with E-state index >= 15 is 0 Å². The molecule has 0 bridgehead atoms. The molecule has 2 rings (SSSR count). The smallest absolute Gasteiger partial charge is 0.363 e. The molecule has 0 atom stereocenters. The van der Waals surface area contributed by atoms with Crippen LogP contribution in [0.5, 0.6) is 11.5 Å². The number of aromatic amines is 1. The number of hydrazone groups is 1. The van der Waals surface area contributed by atoms with Gasteiger partial charge in [-0.3, -0.25) is 15.5 Å². The first kappa shape index (κ1) is 15.9. The number of methoxy groups -OCH3 is 2. The van der Waals surface area contributed by atoms with Crippen molar-refractivity contribution in [1.82, 2.24) is 15.2 Å². The topological polar surface area (TPSA) is 145 Å². The lowest BCUT2D eigenvalue weighted by Crippen LogP contribution is -2.13. The maximum atomic E-state index is 11.0. The van der Waals surface area contributed by atoms with Crippen LogP contribution in [0.15, 0.2) is 28.2 Å². The Morgan fingerprint density at radius 2 is 2.09 bits per heavy atom. The molecule has 0 saturated heterocycles. The molecule has 11 heteroatoms.